The van der Waals surface area contributed by atoms with E-state index >= 15 is 0 Å². The zero-order chi connectivity index (χ0) is 19.5. The summed E-state index contributed by atoms with van der Waals surface area (Å²) in [6, 6.07) is 15.0. The zero-order valence-electron chi connectivity index (χ0n) is 15.6. The van der Waals surface area contributed by atoms with Crippen LogP contribution >= 0.6 is 0 Å². The topological polar surface area (TPSA) is 81.4 Å². The highest BCUT2D eigenvalue weighted by molar-refractivity contribution is 6.01. The Kier molecular flexibility index (Phi) is 8.10. The fourth-order valence-corrected chi connectivity index (χ4v) is 2.52. The number of nitrogens with two attached hydrogens (primary N) is 1. The maximum atomic E-state index is 12.1. The lowest BCUT2D eigenvalue weighted by atomic mass is 10.1. The summed E-state index contributed by atoms with van der Waals surface area (Å²) in [6.07, 6.45) is 7.91. The van der Waals surface area contributed by atoms with Crippen LogP contribution in [0.15, 0.2) is 54.6 Å². The molecule has 2 aromatic carbocycles. The quantitative estimate of drug-likeness (QED) is 0.494. The lowest BCUT2D eigenvalue weighted by Gasteiger charge is -2.05. The van der Waals surface area contributed by atoms with Gasteiger partial charge in [-0.25, -0.2) is 0 Å². The van der Waals surface area contributed by atoms with Crippen LogP contribution in [0.3, 0.4) is 0 Å². The van der Waals surface area contributed by atoms with Gasteiger partial charge in [0.25, 0.3) is 5.91 Å². The summed E-state index contributed by atoms with van der Waals surface area (Å²) in [5, 5.41) is 2.85. The van der Waals surface area contributed by atoms with Gasteiger partial charge in [0.2, 0.25) is 5.91 Å². The molecular formula is C22H26N2O3. The number of nitrogens with one attached hydrogen (secondary N) is 1. The van der Waals surface area contributed by atoms with Crippen LogP contribution in [0.4, 0.5) is 5.69 Å². The first-order chi connectivity index (χ1) is 13.1. The Balaban J connectivity index is 1.83. The first-order valence-corrected chi connectivity index (χ1v) is 9.16. The minimum atomic E-state index is -0.523. The third-order valence-electron chi connectivity index (χ3n) is 3.98. The molecule has 5 heteroatoms. The number of carbonyl (C=O) groups is 2. The van der Waals surface area contributed by atoms with E-state index in [0.29, 0.717) is 5.75 Å². The zero-order valence-corrected chi connectivity index (χ0v) is 15.6. The number of unbranched alkanes of at least 4 members (excludes halogenated alkanes) is 2. The Morgan fingerprint density at radius 3 is 2.37 bits per heavy atom. The monoisotopic (exact) mass is 366 g/mol. The van der Waals surface area contributed by atoms with Crippen molar-refractivity contribution in [3.8, 4) is 5.75 Å². The van der Waals surface area contributed by atoms with Gasteiger partial charge in [-0.15, -0.1) is 0 Å². The molecule has 0 radical (unpaired) electrons. The van der Waals surface area contributed by atoms with Crippen molar-refractivity contribution in [2.75, 3.05) is 11.9 Å². The number of rotatable bonds is 10. The average molecular weight is 366 g/mol. The van der Waals surface area contributed by atoms with E-state index in [9.17, 15) is 9.59 Å². The van der Waals surface area contributed by atoms with Gasteiger partial charge < -0.3 is 15.8 Å². The van der Waals surface area contributed by atoms with Crippen LogP contribution in [0.2, 0.25) is 0 Å². The molecule has 0 heterocycles. The predicted molar refractivity (Wildman–Crippen MR) is 108 cm³/mol. The molecule has 0 fully saturated rings. The van der Waals surface area contributed by atoms with E-state index in [4.69, 9.17) is 10.5 Å². The van der Waals surface area contributed by atoms with Gasteiger partial charge in [-0.1, -0.05) is 44.0 Å². The molecule has 5 nitrogen and oxygen atoms in total. The van der Waals surface area contributed by atoms with Crippen LogP contribution in [-0.4, -0.2) is 18.4 Å². The summed E-state index contributed by atoms with van der Waals surface area (Å²) in [6.45, 7) is 2.04. The minimum absolute atomic E-state index is 0.158. The standard InChI is InChI=1S/C22H26N2O3/c1-2-3-4-5-17-6-11-19(12-7-17)24-22(26)15-10-18-8-13-20(14-9-18)27-16-21(23)25/h6-15H,2-5,16H2,1H3,(H2,23,25)(H,24,26)/b15-10+. The van der Waals surface area contributed by atoms with Gasteiger partial charge in [0.05, 0.1) is 0 Å². The maximum absolute atomic E-state index is 12.1. The van der Waals surface area contributed by atoms with E-state index in [-0.39, 0.29) is 12.5 Å². The number of anilines is 1. The molecule has 0 spiro atoms. The molecule has 0 aliphatic rings. The van der Waals surface area contributed by atoms with Crippen molar-refractivity contribution < 1.29 is 14.3 Å². The van der Waals surface area contributed by atoms with Gasteiger partial charge in [-0.05, 0) is 54.3 Å². The normalized spacial score (nSPS) is 10.7. The molecule has 0 aromatic heterocycles. The Hall–Kier alpha value is -3.08. The Morgan fingerprint density at radius 2 is 1.74 bits per heavy atom. The second-order valence-corrected chi connectivity index (χ2v) is 6.30. The summed E-state index contributed by atoms with van der Waals surface area (Å²) in [5.41, 5.74) is 7.94. The first-order valence-electron chi connectivity index (χ1n) is 9.16. The lowest BCUT2D eigenvalue weighted by Crippen LogP contribution is -2.19. The smallest absolute Gasteiger partial charge is 0.255 e. The molecule has 0 saturated carbocycles. The molecular weight excluding hydrogens is 340 g/mol. The molecule has 0 aliphatic heterocycles. The number of ether oxygens (including phenoxy) is 1. The largest absolute Gasteiger partial charge is 0.484 e. The number of carbonyl (C=O) groups excluding carboxylic acids is 2. The highest BCUT2D eigenvalue weighted by Gasteiger charge is 2.00. The highest BCUT2D eigenvalue weighted by Crippen LogP contribution is 2.14. The highest BCUT2D eigenvalue weighted by atomic mass is 16.5. The molecule has 27 heavy (non-hydrogen) atoms. The van der Waals surface area contributed by atoms with E-state index in [1.54, 1.807) is 30.3 Å². The van der Waals surface area contributed by atoms with Gasteiger partial charge in [-0.2, -0.15) is 0 Å². The summed E-state index contributed by atoms with van der Waals surface area (Å²) in [5.74, 6) is -0.165. The molecule has 0 atom stereocenters. The molecule has 3 N–H and O–H groups in total. The fraction of sp³-hybridized carbons (Fsp3) is 0.273. The number of hydrogen-bond donors (Lipinski definition) is 2. The van der Waals surface area contributed by atoms with Crippen molar-refractivity contribution in [3.63, 3.8) is 0 Å². The second kappa shape index (κ2) is 10.8. The van der Waals surface area contributed by atoms with Gasteiger partial charge >= 0.3 is 0 Å². The maximum Gasteiger partial charge on any atom is 0.255 e. The summed E-state index contributed by atoms with van der Waals surface area (Å²) >= 11 is 0. The number of aryl methyl sites for hydroxylation is 1. The summed E-state index contributed by atoms with van der Waals surface area (Å²) in [7, 11) is 0. The van der Waals surface area contributed by atoms with Crippen LogP contribution in [-0.2, 0) is 16.0 Å². The number of primary amides is 1. The van der Waals surface area contributed by atoms with E-state index in [1.165, 1.54) is 30.9 Å². The van der Waals surface area contributed by atoms with E-state index in [1.807, 2.05) is 12.1 Å². The van der Waals surface area contributed by atoms with Crippen molar-refractivity contribution in [3.05, 3.63) is 65.7 Å². The molecule has 2 amide bonds. The van der Waals surface area contributed by atoms with Crippen LogP contribution < -0.4 is 15.8 Å². The molecule has 0 saturated heterocycles. The van der Waals surface area contributed by atoms with Crippen LogP contribution in [0.5, 0.6) is 5.75 Å². The molecule has 0 bridgehead atoms. The van der Waals surface area contributed by atoms with Crippen molar-refractivity contribution in [1.29, 1.82) is 0 Å². The predicted octanol–water partition coefficient (Wildman–Crippen LogP) is 3.94. The van der Waals surface area contributed by atoms with Gasteiger partial charge in [-0.3, -0.25) is 9.59 Å². The van der Waals surface area contributed by atoms with Crippen molar-refractivity contribution >= 4 is 23.6 Å². The molecule has 2 rings (SSSR count). The van der Waals surface area contributed by atoms with E-state index in [0.717, 1.165) is 17.7 Å². The van der Waals surface area contributed by atoms with Crippen LogP contribution in [0, 0.1) is 0 Å². The Labute approximate surface area is 160 Å². The SMILES string of the molecule is CCCCCc1ccc(NC(=O)/C=C/c2ccc(OCC(N)=O)cc2)cc1. The Morgan fingerprint density at radius 1 is 1.04 bits per heavy atom. The number of amides is 2. The average Bonchev–Trinajstić information content (AvgIpc) is 2.67. The molecule has 2 aromatic rings. The summed E-state index contributed by atoms with van der Waals surface area (Å²) in [4.78, 5) is 22.7. The van der Waals surface area contributed by atoms with Crippen molar-refractivity contribution in [2.24, 2.45) is 5.73 Å². The van der Waals surface area contributed by atoms with Gasteiger partial charge in [0.1, 0.15) is 5.75 Å². The number of hydrogen-bond acceptors (Lipinski definition) is 3. The second-order valence-electron chi connectivity index (χ2n) is 6.30. The van der Waals surface area contributed by atoms with Gasteiger partial charge in [0, 0.05) is 11.8 Å². The van der Waals surface area contributed by atoms with E-state index in [2.05, 4.69) is 24.4 Å². The first kappa shape index (κ1) is 20.2. The minimum Gasteiger partial charge on any atom is -0.484 e. The van der Waals surface area contributed by atoms with Gasteiger partial charge in [0.15, 0.2) is 6.61 Å². The van der Waals surface area contributed by atoms with Crippen LogP contribution in [0.1, 0.15) is 37.3 Å². The molecule has 142 valence electrons. The molecule has 0 unspecified atom stereocenters. The summed E-state index contributed by atoms with van der Waals surface area (Å²) < 4.78 is 5.19. The van der Waals surface area contributed by atoms with Crippen LogP contribution in [0.25, 0.3) is 6.08 Å². The number of benzene rings is 2. The third kappa shape index (κ3) is 7.77. The Bertz CT molecular complexity index is 765. The molecule has 0 aliphatic carbocycles. The third-order valence-corrected chi connectivity index (χ3v) is 3.98. The van der Waals surface area contributed by atoms with E-state index < -0.39 is 5.91 Å². The fourth-order valence-electron chi connectivity index (χ4n) is 2.52. The van der Waals surface area contributed by atoms with Crippen molar-refractivity contribution in [2.45, 2.75) is 32.6 Å². The van der Waals surface area contributed by atoms with Crippen molar-refractivity contribution in [1.82, 2.24) is 0 Å². The lowest BCUT2D eigenvalue weighted by molar-refractivity contribution is -0.120.